The number of rotatable bonds is 1. The zero-order valence-electron chi connectivity index (χ0n) is 12.4. The zero-order chi connectivity index (χ0) is 14.3. The van der Waals surface area contributed by atoms with Crippen LogP contribution in [-0.4, -0.2) is 39.2 Å². The van der Waals surface area contributed by atoms with Crippen molar-refractivity contribution in [1.29, 1.82) is 0 Å². The molecule has 1 unspecified atom stereocenters. The number of imidazole rings is 1. The molecule has 5 nitrogen and oxygen atoms in total. The Labute approximate surface area is 114 Å². The molecule has 106 valence electrons. The van der Waals surface area contributed by atoms with E-state index in [1.807, 2.05) is 38.6 Å². The highest BCUT2D eigenvalue weighted by molar-refractivity contribution is 5.68. The molecule has 0 bridgehead atoms. The molecule has 1 amide bonds. The van der Waals surface area contributed by atoms with E-state index in [-0.39, 0.29) is 11.5 Å². The van der Waals surface area contributed by atoms with Crippen LogP contribution in [0.15, 0.2) is 12.5 Å². The minimum absolute atomic E-state index is 0.0395. The van der Waals surface area contributed by atoms with Gasteiger partial charge in [-0.1, -0.05) is 6.92 Å². The average molecular weight is 265 g/mol. The van der Waals surface area contributed by atoms with Gasteiger partial charge in [0.15, 0.2) is 0 Å². The Hall–Kier alpha value is -1.52. The van der Waals surface area contributed by atoms with Crippen LogP contribution in [0.2, 0.25) is 0 Å². The third-order valence-corrected chi connectivity index (χ3v) is 3.56. The van der Waals surface area contributed by atoms with Crippen LogP contribution < -0.4 is 0 Å². The number of carbonyl (C=O) groups is 1. The second kappa shape index (κ2) is 4.54. The third-order valence-electron chi connectivity index (χ3n) is 3.56. The van der Waals surface area contributed by atoms with Crippen molar-refractivity contribution in [3.63, 3.8) is 0 Å². The molecule has 0 aromatic carbocycles. The number of carbonyl (C=O) groups excluding carboxylic acids is 1. The first kappa shape index (κ1) is 13.9. The monoisotopic (exact) mass is 265 g/mol. The smallest absolute Gasteiger partial charge is 0.410 e. The van der Waals surface area contributed by atoms with Crippen LogP contribution in [-0.2, 0) is 17.2 Å². The van der Waals surface area contributed by atoms with E-state index >= 15 is 0 Å². The van der Waals surface area contributed by atoms with Crippen LogP contribution in [0.5, 0.6) is 0 Å². The predicted molar refractivity (Wildman–Crippen MR) is 73.0 cm³/mol. The third kappa shape index (κ3) is 2.91. The van der Waals surface area contributed by atoms with Crippen molar-refractivity contribution >= 4 is 6.09 Å². The van der Waals surface area contributed by atoms with Gasteiger partial charge in [0.1, 0.15) is 5.60 Å². The minimum Gasteiger partial charge on any atom is -0.444 e. The van der Waals surface area contributed by atoms with Crippen molar-refractivity contribution in [2.24, 2.45) is 7.05 Å². The lowest BCUT2D eigenvalue weighted by molar-refractivity contribution is 0.0285. The summed E-state index contributed by atoms with van der Waals surface area (Å²) in [4.78, 5) is 18.0. The number of aromatic nitrogens is 2. The molecule has 2 rings (SSSR count). The van der Waals surface area contributed by atoms with Gasteiger partial charge in [0.2, 0.25) is 0 Å². The predicted octanol–water partition coefficient (Wildman–Crippen LogP) is 2.32. The van der Waals surface area contributed by atoms with E-state index < -0.39 is 5.60 Å². The minimum atomic E-state index is -0.442. The highest BCUT2D eigenvalue weighted by atomic mass is 16.6. The lowest BCUT2D eigenvalue weighted by Gasteiger charge is -2.27. The van der Waals surface area contributed by atoms with Gasteiger partial charge in [-0.15, -0.1) is 0 Å². The molecule has 0 N–H and O–H groups in total. The summed E-state index contributed by atoms with van der Waals surface area (Å²) >= 11 is 0. The molecule has 1 aromatic rings. The fourth-order valence-electron chi connectivity index (χ4n) is 2.59. The van der Waals surface area contributed by atoms with Crippen molar-refractivity contribution < 1.29 is 9.53 Å². The van der Waals surface area contributed by atoms with E-state index in [0.29, 0.717) is 6.54 Å². The van der Waals surface area contributed by atoms with Gasteiger partial charge in [0, 0.05) is 37.4 Å². The normalized spacial score (nSPS) is 23.7. The fraction of sp³-hybridized carbons (Fsp3) is 0.714. The van der Waals surface area contributed by atoms with Crippen LogP contribution in [0, 0.1) is 0 Å². The molecule has 0 saturated carbocycles. The number of nitrogens with zero attached hydrogens (tertiary/aromatic N) is 3. The van der Waals surface area contributed by atoms with Crippen LogP contribution in [0.1, 0.15) is 39.8 Å². The molecule has 0 spiro atoms. The molecular weight excluding hydrogens is 242 g/mol. The lowest BCUT2D eigenvalue weighted by Crippen LogP contribution is -2.37. The molecule has 1 atom stereocenters. The maximum absolute atomic E-state index is 12.1. The number of hydrogen-bond donors (Lipinski definition) is 0. The van der Waals surface area contributed by atoms with Gasteiger partial charge in [-0.3, -0.25) is 0 Å². The second-order valence-corrected chi connectivity index (χ2v) is 6.60. The first-order valence-corrected chi connectivity index (χ1v) is 6.66. The Balaban J connectivity index is 2.08. The zero-order valence-corrected chi connectivity index (χ0v) is 12.4. The molecular formula is C14H23N3O2. The number of aryl methyl sites for hydroxylation is 1. The van der Waals surface area contributed by atoms with E-state index in [4.69, 9.17) is 4.74 Å². The summed E-state index contributed by atoms with van der Waals surface area (Å²) < 4.78 is 7.45. The highest BCUT2D eigenvalue weighted by Crippen LogP contribution is 2.34. The van der Waals surface area contributed by atoms with Gasteiger partial charge in [-0.2, -0.15) is 0 Å². The Bertz CT molecular complexity index is 475. The Morgan fingerprint density at radius 2 is 2.16 bits per heavy atom. The van der Waals surface area contributed by atoms with Crippen molar-refractivity contribution in [3.05, 3.63) is 18.2 Å². The molecule has 1 aliphatic heterocycles. The molecule has 0 aliphatic carbocycles. The summed E-state index contributed by atoms with van der Waals surface area (Å²) in [5.74, 6) is 0. The fourth-order valence-corrected chi connectivity index (χ4v) is 2.59. The molecule has 5 heteroatoms. The number of hydrogen-bond acceptors (Lipinski definition) is 3. The lowest BCUT2D eigenvalue weighted by atomic mass is 9.86. The second-order valence-electron chi connectivity index (χ2n) is 6.60. The van der Waals surface area contributed by atoms with E-state index in [1.165, 1.54) is 5.69 Å². The van der Waals surface area contributed by atoms with E-state index in [2.05, 4.69) is 11.9 Å². The van der Waals surface area contributed by atoms with Crippen molar-refractivity contribution in [3.8, 4) is 0 Å². The average Bonchev–Trinajstić information content (AvgIpc) is 2.83. The first-order chi connectivity index (χ1) is 8.71. The summed E-state index contributed by atoms with van der Waals surface area (Å²) in [7, 11) is 1.99. The van der Waals surface area contributed by atoms with Crippen LogP contribution in [0.3, 0.4) is 0 Å². The Kier molecular flexibility index (Phi) is 3.32. The summed E-state index contributed by atoms with van der Waals surface area (Å²) in [6, 6.07) is 0. The molecule has 19 heavy (non-hydrogen) atoms. The van der Waals surface area contributed by atoms with Crippen molar-refractivity contribution in [2.45, 2.75) is 45.1 Å². The quantitative estimate of drug-likeness (QED) is 0.783. The van der Waals surface area contributed by atoms with Gasteiger partial charge in [-0.05, 0) is 27.2 Å². The summed E-state index contributed by atoms with van der Waals surface area (Å²) in [5, 5.41) is 0. The summed E-state index contributed by atoms with van der Waals surface area (Å²) in [6.45, 7) is 9.26. The van der Waals surface area contributed by atoms with Crippen LogP contribution in [0.4, 0.5) is 4.79 Å². The largest absolute Gasteiger partial charge is 0.444 e. The van der Waals surface area contributed by atoms with Crippen molar-refractivity contribution in [1.82, 2.24) is 14.5 Å². The van der Waals surface area contributed by atoms with Crippen molar-refractivity contribution in [2.75, 3.05) is 13.1 Å². The highest BCUT2D eigenvalue weighted by Gasteiger charge is 2.40. The number of ether oxygens (including phenoxy) is 1. The molecule has 1 aliphatic rings. The van der Waals surface area contributed by atoms with Gasteiger partial charge >= 0.3 is 6.09 Å². The Morgan fingerprint density at radius 3 is 2.68 bits per heavy atom. The van der Waals surface area contributed by atoms with Gasteiger partial charge < -0.3 is 14.2 Å². The van der Waals surface area contributed by atoms with Crippen LogP contribution >= 0.6 is 0 Å². The Morgan fingerprint density at radius 1 is 1.47 bits per heavy atom. The topological polar surface area (TPSA) is 47.4 Å². The molecule has 1 fully saturated rings. The van der Waals surface area contributed by atoms with Gasteiger partial charge in [0.05, 0.1) is 6.33 Å². The van der Waals surface area contributed by atoms with Crippen LogP contribution in [0.25, 0.3) is 0 Å². The number of amides is 1. The first-order valence-electron chi connectivity index (χ1n) is 6.66. The summed E-state index contributed by atoms with van der Waals surface area (Å²) in [6.07, 6.45) is 4.40. The maximum Gasteiger partial charge on any atom is 0.410 e. The SMILES string of the molecule is Cn1cncc1C1(C)CCN(C(=O)OC(C)(C)C)C1. The molecule has 1 saturated heterocycles. The molecule has 0 radical (unpaired) electrons. The van der Waals surface area contributed by atoms with Gasteiger partial charge in [-0.25, -0.2) is 9.78 Å². The van der Waals surface area contributed by atoms with E-state index in [0.717, 1.165) is 13.0 Å². The standard InChI is InChI=1S/C14H23N3O2/c1-13(2,3)19-12(18)17-7-6-14(4,9-17)11-8-15-10-16(11)5/h8,10H,6-7,9H2,1-5H3. The summed E-state index contributed by atoms with van der Waals surface area (Å²) in [5.41, 5.74) is 0.684. The van der Waals surface area contributed by atoms with E-state index in [9.17, 15) is 4.79 Å². The van der Waals surface area contributed by atoms with E-state index in [1.54, 1.807) is 11.2 Å². The molecule has 1 aromatic heterocycles. The van der Waals surface area contributed by atoms with Gasteiger partial charge in [0.25, 0.3) is 0 Å². The number of likely N-dealkylation sites (tertiary alicyclic amines) is 1. The molecule has 2 heterocycles. The maximum atomic E-state index is 12.1.